The second-order valence-electron chi connectivity index (χ2n) is 11.2. The van der Waals surface area contributed by atoms with Gasteiger partial charge < -0.3 is 30.3 Å². The van der Waals surface area contributed by atoms with Gasteiger partial charge >= 0.3 is 6.01 Å². The minimum Gasteiger partial charge on any atom is -0.462 e. The number of hydrogen-bond acceptors (Lipinski definition) is 10. The van der Waals surface area contributed by atoms with Gasteiger partial charge in [-0.1, -0.05) is 17.7 Å². The summed E-state index contributed by atoms with van der Waals surface area (Å²) in [6.45, 7) is 4.41. The zero-order valence-corrected chi connectivity index (χ0v) is 24.4. The number of halogens is 3. The van der Waals surface area contributed by atoms with E-state index in [-0.39, 0.29) is 60.0 Å². The van der Waals surface area contributed by atoms with Gasteiger partial charge in [0.15, 0.2) is 5.82 Å². The Morgan fingerprint density at radius 1 is 1.31 bits per heavy atom. The number of benzene rings is 2. The van der Waals surface area contributed by atoms with E-state index >= 15 is 4.39 Å². The summed E-state index contributed by atoms with van der Waals surface area (Å²) in [5.41, 5.74) is 6.10. The van der Waals surface area contributed by atoms with Crippen LogP contribution in [0, 0.1) is 23.0 Å². The van der Waals surface area contributed by atoms with E-state index < -0.39 is 11.6 Å². The van der Waals surface area contributed by atoms with Gasteiger partial charge in [-0.3, -0.25) is 0 Å². The van der Waals surface area contributed by atoms with Gasteiger partial charge in [0, 0.05) is 42.0 Å². The number of anilines is 2. The molecular formula is C29H28ClF2N7O2S. The first-order valence-electron chi connectivity index (χ1n) is 13.8. The third-order valence-corrected chi connectivity index (χ3v) is 9.89. The third kappa shape index (κ3) is 4.42. The number of nitrogen functional groups attached to an aromatic ring is 1. The van der Waals surface area contributed by atoms with Crippen molar-refractivity contribution in [2.75, 3.05) is 63.6 Å². The fourth-order valence-corrected chi connectivity index (χ4v) is 7.47. The molecule has 1 atom stereocenters. The summed E-state index contributed by atoms with van der Waals surface area (Å²) >= 11 is 7.75. The summed E-state index contributed by atoms with van der Waals surface area (Å²) in [7, 11) is 2.05. The molecule has 3 aliphatic heterocycles. The quantitative estimate of drug-likeness (QED) is 0.336. The van der Waals surface area contributed by atoms with Crippen LogP contribution in [0.5, 0.6) is 6.01 Å². The smallest absolute Gasteiger partial charge is 0.319 e. The normalized spacial score (nSPS) is 20.4. The van der Waals surface area contributed by atoms with E-state index in [0.29, 0.717) is 50.6 Å². The lowest BCUT2D eigenvalue weighted by Crippen LogP contribution is -2.69. The van der Waals surface area contributed by atoms with E-state index in [1.807, 2.05) is 6.07 Å². The molecule has 0 saturated carbocycles. The number of aromatic nitrogens is 2. The summed E-state index contributed by atoms with van der Waals surface area (Å²) in [6, 6.07) is 6.61. The van der Waals surface area contributed by atoms with Crippen molar-refractivity contribution < 1.29 is 18.3 Å². The summed E-state index contributed by atoms with van der Waals surface area (Å²) in [4.78, 5) is 13.6. The van der Waals surface area contributed by atoms with Crippen molar-refractivity contribution in [1.29, 1.82) is 5.26 Å². The molecule has 2 aromatic heterocycles. The topological polar surface area (TPSA) is 113 Å². The Morgan fingerprint density at radius 3 is 2.86 bits per heavy atom. The standard InChI is InChI=1S/C29H28ClF2N7O2S/c1-38-6-2-3-15(38)11-40-28-36-24-17(27(37-28)39-7-8-41-29(14-39)12-35-13-29)9-19(30)22(23(24)32)16-4-5-20(31)25-21(16)18(10-33)26(34)42-25/h4-5,9,15,35H,2-3,6-8,11-14,34H2,1H3. The number of ether oxygens (including phenoxy) is 2. The number of rotatable bonds is 5. The molecule has 0 radical (unpaired) electrons. The van der Waals surface area contributed by atoms with Gasteiger partial charge in [0.2, 0.25) is 0 Å². The number of nitriles is 1. The van der Waals surface area contributed by atoms with Gasteiger partial charge in [0.1, 0.15) is 40.4 Å². The maximum absolute atomic E-state index is 16.8. The van der Waals surface area contributed by atoms with Crippen molar-refractivity contribution in [1.82, 2.24) is 20.2 Å². The second-order valence-corrected chi connectivity index (χ2v) is 12.6. The molecule has 0 aliphatic carbocycles. The van der Waals surface area contributed by atoms with Crippen LogP contribution in [0.3, 0.4) is 0 Å². The van der Waals surface area contributed by atoms with Crippen LogP contribution in [0.2, 0.25) is 5.02 Å². The van der Waals surface area contributed by atoms with Crippen molar-refractivity contribution in [3.8, 4) is 23.2 Å². The van der Waals surface area contributed by atoms with Gasteiger partial charge in [-0.25, -0.2) is 8.78 Å². The molecular weight excluding hydrogens is 584 g/mol. The Morgan fingerprint density at radius 2 is 2.14 bits per heavy atom. The molecule has 2 aromatic carbocycles. The predicted octanol–water partition coefficient (Wildman–Crippen LogP) is 4.55. The molecule has 9 nitrogen and oxygen atoms in total. The van der Waals surface area contributed by atoms with Crippen LogP contribution in [-0.2, 0) is 4.74 Å². The Kier molecular flexibility index (Phi) is 6.83. The predicted molar refractivity (Wildman–Crippen MR) is 159 cm³/mol. The lowest BCUT2D eigenvalue weighted by molar-refractivity contribution is -0.0882. The Bertz CT molecular complexity index is 1770. The molecule has 42 heavy (non-hydrogen) atoms. The van der Waals surface area contributed by atoms with Crippen molar-refractivity contribution in [2.24, 2.45) is 0 Å². The number of likely N-dealkylation sites (N-methyl/N-ethyl adjacent to an activating group) is 1. The maximum atomic E-state index is 16.8. The van der Waals surface area contributed by atoms with E-state index in [2.05, 4.69) is 27.1 Å². The molecule has 3 N–H and O–H groups in total. The summed E-state index contributed by atoms with van der Waals surface area (Å²) < 4.78 is 43.9. The first-order valence-corrected chi connectivity index (χ1v) is 15.0. The minimum absolute atomic E-state index is 0.0104. The molecule has 7 rings (SSSR count). The maximum Gasteiger partial charge on any atom is 0.319 e. The Balaban J connectivity index is 1.40. The van der Waals surface area contributed by atoms with Gasteiger partial charge in [-0.05, 0) is 44.1 Å². The number of hydrogen-bond donors (Lipinski definition) is 2. The van der Waals surface area contributed by atoms with E-state index in [9.17, 15) is 9.65 Å². The van der Waals surface area contributed by atoms with E-state index in [1.165, 1.54) is 12.1 Å². The van der Waals surface area contributed by atoms with Gasteiger partial charge in [0.05, 0.1) is 28.4 Å². The SMILES string of the molecule is CN1CCCC1COc1nc(N2CCOC3(CNC3)C2)c2cc(Cl)c(-c3ccc(F)c4sc(N)c(C#N)c34)c(F)c2n1. The molecule has 13 heteroatoms. The molecule has 218 valence electrons. The van der Waals surface area contributed by atoms with Crippen LogP contribution in [0.4, 0.5) is 19.6 Å². The summed E-state index contributed by atoms with van der Waals surface area (Å²) in [6.07, 6.45) is 2.08. The van der Waals surface area contributed by atoms with Crippen molar-refractivity contribution >= 4 is 54.7 Å². The Hall–Kier alpha value is -3.34. The molecule has 3 saturated heterocycles. The Labute approximate surface area is 249 Å². The van der Waals surface area contributed by atoms with E-state index in [0.717, 1.165) is 30.7 Å². The minimum atomic E-state index is -0.709. The highest BCUT2D eigenvalue weighted by molar-refractivity contribution is 7.23. The molecule has 3 aliphatic rings. The first-order chi connectivity index (χ1) is 20.3. The average molecular weight is 612 g/mol. The number of fused-ring (bicyclic) bond motifs is 2. The first kappa shape index (κ1) is 27.5. The van der Waals surface area contributed by atoms with E-state index in [4.69, 9.17) is 31.8 Å². The van der Waals surface area contributed by atoms with Crippen LogP contribution in [-0.4, -0.2) is 79.5 Å². The van der Waals surface area contributed by atoms with Crippen molar-refractivity contribution in [3.05, 3.63) is 40.4 Å². The van der Waals surface area contributed by atoms with Crippen LogP contribution >= 0.6 is 22.9 Å². The highest BCUT2D eigenvalue weighted by Crippen LogP contribution is 2.46. The van der Waals surface area contributed by atoms with Gasteiger partial charge in [-0.2, -0.15) is 15.2 Å². The molecule has 4 aromatic rings. The number of morpholine rings is 1. The zero-order chi connectivity index (χ0) is 29.2. The number of thiophene rings is 1. The van der Waals surface area contributed by atoms with Gasteiger partial charge in [-0.15, -0.1) is 11.3 Å². The molecule has 0 bridgehead atoms. The lowest BCUT2D eigenvalue weighted by atomic mass is 9.94. The number of nitrogens with two attached hydrogens (primary N) is 1. The zero-order valence-electron chi connectivity index (χ0n) is 22.8. The molecule has 0 amide bonds. The largest absolute Gasteiger partial charge is 0.462 e. The molecule has 1 unspecified atom stereocenters. The highest BCUT2D eigenvalue weighted by atomic mass is 35.5. The van der Waals surface area contributed by atoms with Crippen LogP contribution < -0.4 is 20.7 Å². The van der Waals surface area contributed by atoms with Crippen LogP contribution in [0.1, 0.15) is 18.4 Å². The number of nitrogens with one attached hydrogen (secondary N) is 1. The summed E-state index contributed by atoms with van der Waals surface area (Å²) in [5, 5.41) is 14.0. The van der Waals surface area contributed by atoms with Crippen LogP contribution in [0.15, 0.2) is 18.2 Å². The second kappa shape index (κ2) is 10.4. The van der Waals surface area contributed by atoms with E-state index in [1.54, 1.807) is 6.07 Å². The summed E-state index contributed by atoms with van der Waals surface area (Å²) in [5.74, 6) is -0.745. The highest BCUT2D eigenvalue weighted by Gasteiger charge is 2.43. The van der Waals surface area contributed by atoms with Gasteiger partial charge in [0.25, 0.3) is 0 Å². The van der Waals surface area contributed by atoms with Crippen molar-refractivity contribution in [2.45, 2.75) is 24.5 Å². The molecule has 5 heterocycles. The fourth-order valence-electron chi connectivity index (χ4n) is 6.23. The lowest BCUT2D eigenvalue weighted by Gasteiger charge is -2.49. The average Bonchev–Trinajstić information content (AvgIpc) is 3.54. The van der Waals surface area contributed by atoms with Crippen molar-refractivity contribution in [3.63, 3.8) is 0 Å². The third-order valence-electron chi connectivity index (χ3n) is 8.56. The molecule has 1 spiro atoms. The number of likely N-dealkylation sites (tertiary alicyclic amines) is 1. The fraction of sp³-hybridized carbons (Fsp3) is 0.414. The number of nitrogens with zero attached hydrogens (tertiary/aromatic N) is 5. The monoisotopic (exact) mass is 611 g/mol. The van der Waals surface area contributed by atoms with Crippen LogP contribution in [0.25, 0.3) is 32.1 Å². The molecule has 3 fully saturated rings.